The second-order valence-electron chi connectivity index (χ2n) is 5.75. The number of hydrogen-bond acceptors (Lipinski definition) is 7. The van der Waals surface area contributed by atoms with Crippen molar-refractivity contribution in [1.82, 2.24) is 15.0 Å². The molecule has 0 spiro atoms. The Hall–Kier alpha value is -2.12. The number of pyridine rings is 1. The molecule has 7 nitrogen and oxygen atoms in total. The Morgan fingerprint density at radius 2 is 2.30 bits per heavy atom. The van der Waals surface area contributed by atoms with E-state index in [2.05, 4.69) is 15.0 Å². The van der Waals surface area contributed by atoms with Gasteiger partial charge in [-0.2, -0.15) is 4.98 Å². The molecule has 4 rings (SSSR count). The second-order valence-corrected chi connectivity index (χ2v) is 6.11. The molecule has 2 aromatic rings. The summed E-state index contributed by atoms with van der Waals surface area (Å²) in [5.41, 5.74) is 8.48. The molecule has 0 saturated heterocycles. The minimum absolute atomic E-state index is 0.0166. The molecule has 2 aromatic heterocycles. The highest BCUT2D eigenvalue weighted by atomic mass is 35.5. The number of aromatic nitrogens is 3. The van der Waals surface area contributed by atoms with E-state index in [-0.39, 0.29) is 18.5 Å². The van der Waals surface area contributed by atoms with E-state index < -0.39 is 0 Å². The normalized spacial score (nSPS) is 18.7. The highest BCUT2D eigenvalue weighted by Crippen LogP contribution is 2.39. The predicted octanol–water partition coefficient (Wildman–Crippen LogP) is 1.14. The van der Waals surface area contributed by atoms with Crippen molar-refractivity contribution in [3.8, 4) is 5.75 Å². The van der Waals surface area contributed by atoms with Gasteiger partial charge in [-0.05, 0) is 0 Å². The van der Waals surface area contributed by atoms with E-state index in [9.17, 15) is 5.11 Å². The lowest BCUT2D eigenvalue weighted by atomic mass is 10.1. The number of nitrogens with two attached hydrogens (primary N) is 1. The number of ether oxygens (including phenoxy) is 1. The van der Waals surface area contributed by atoms with Crippen molar-refractivity contribution in [3.63, 3.8) is 0 Å². The molecule has 23 heavy (non-hydrogen) atoms. The van der Waals surface area contributed by atoms with Gasteiger partial charge in [-0.25, -0.2) is 4.98 Å². The van der Waals surface area contributed by atoms with E-state index in [4.69, 9.17) is 22.1 Å². The van der Waals surface area contributed by atoms with Crippen LogP contribution >= 0.6 is 11.6 Å². The fraction of sp³-hybridized carbons (Fsp3) is 0.400. The topological polar surface area (TPSA) is 97.4 Å². The predicted molar refractivity (Wildman–Crippen MR) is 85.8 cm³/mol. The number of rotatable bonds is 3. The van der Waals surface area contributed by atoms with Gasteiger partial charge in [0.1, 0.15) is 16.7 Å². The first-order chi connectivity index (χ1) is 11.2. The SMILES string of the molecule is Nc1nc(Cl)c2c(n1)N(Cc1cc3c(cn1)CCO3)CC2CO. The van der Waals surface area contributed by atoms with Crippen LogP contribution in [0.4, 0.5) is 11.8 Å². The van der Waals surface area contributed by atoms with Crippen LogP contribution in [-0.4, -0.2) is 39.8 Å². The summed E-state index contributed by atoms with van der Waals surface area (Å²) in [4.78, 5) is 14.8. The number of fused-ring (bicyclic) bond motifs is 2. The fourth-order valence-corrected chi connectivity index (χ4v) is 3.48. The smallest absolute Gasteiger partial charge is 0.223 e. The summed E-state index contributed by atoms with van der Waals surface area (Å²) >= 11 is 6.19. The highest BCUT2D eigenvalue weighted by molar-refractivity contribution is 6.30. The number of halogens is 1. The molecule has 8 heteroatoms. The Morgan fingerprint density at radius 1 is 1.43 bits per heavy atom. The van der Waals surface area contributed by atoms with Crippen molar-refractivity contribution in [3.05, 3.63) is 34.2 Å². The van der Waals surface area contributed by atoms with Crippen molar-refractivity contribution >= 4 is 23.4 Å². The zero-order chi connectivity index (χ0) is 16.0. The zero-order valence-electron chi connectivity index (χ0n) is 12.4. The third-order valence-electron chi connectivity index (χ3n) is 4.25. The molecule has 0 amide bonds. The summed E-state index contributed by atoms with van der Waals surface area (Å²) in [7, 11) is 0. The summed E-state index contributed by atoms with van der Waals surface area (Å²) in [5, 5.41) is 9.91. The Balaban J connectivity index is 1.66. The summed E-state index contributed by atoms with van der Waals surface area (Å²) in [5.74, 6) is 1.57. The minimum atomic E-state index is -0.122. The summed E-state index contributed by atoms with van der Waals surface area (Å²) in [6.07, 6.45) is 2.76. The maximum Gasteiger partial charge on any atom is 0.223 e. The maximum atomic E-state index is 9.61. The van der Waals surface area contributed by atoms with Gasteiger partial charge in [-0.15, -0.1) is 0 Å². The van der Waals surface area contributed by atoms with Gasteiger partial charge in [0.15, 0.2) is 0 Å². The third-order valence-corrected chi connectivity index (χ3v) is 4.54. The van der Waals surface area contributed by atoms with E-state index in [0.717, 1.165) is 29.0 Å². The standard InChI is InChI=1S/C15H16ClN5O2/c16-13-12-9(7-22)5-21(14(12)20-15(17)19-13)6-10-3-11-8(4-18-10)1-2-23-11/h3-4,9,22H,1-2,5-7H2,(H2,17,19,20). The van der Waals surface area contributed by atoms with Crippen LogP contribution in [0.25, 0.3) is 0 Å². The lowest BCUT2D eigenvalue weighted by Crippen LogP contribution is -2.23. The summed E-state index contributed by atoms with van der Waals surface area (Å²) < 4.78 is 5.59. The Labute approximate surface area is 138 Å². The Kier molecular flexibility index (Phi) is 3.46. The van der Waals surface area contributed by atoms with E-state index >= 15 is 0 Å². The van der Waals surface area contributed by atoms with Gasteiger partial charge in [-0.1, -0.05) is 11.6 Å². The molecule has 1 unspecified atom stereocenters. The minimum Gasteiger partial charge on any atom is -0.493 e. The van der Waals surface area contributed by atoms with E-state index in [1.54, 1.807) is 0 Å². The van der Waals surface area contributed by atoms with Gasteiger partial charge in [0.25, 0.3) is 0 Å². The summed E-state index contributed by atoms with van der Waals surface area (Å²) in [6, 6.07) is 1.96. The molecule has 3 N–H and O–H groups in total. The fourth-order valence-electron chi connectivity index (χ4n) is 3.15. The molecule has 0 fully saturated rings. The average molecular weight is 334 g/mol. The van der Waals surface area contributed by atoms with Gasteiger partial charge < -0.3 is 20.5 Å². The lowest BCUT2D eigenvalue weighted by Gasteiger charge is -2.18. The van der Waals surface area contributed by atoms with Crippen molar-refractivity contribution in [1.29, 1.82) is 0 Å². The largest absolute Gasteiger partial charge is 0.493 e. The molecular formula is C15H16ClN5O2. The number of anilines is 2. The first-order valence-corrected chi connectivity index (χ1v) is 7.83. The van der Waals surface area contributed by atoms with E-state index in [0.29, 0.717) is 30.7 Å². The monoisotopic (exact) mass is 333 g/mol. The molecule has 0 aliphatic carbocycles. The Bertz CT molecular complexity index is 770. The molecule has 1 atom stereocenters. The van der Waals surface area contributed by atoms with Crippen LogP contribution in [0.3, 0.4) is 0 Å². The van der Waals surface area contributed by atoms with Crippen LogP contribution < -0.4 is 15.4 Å². The number of nitrogens with zero attached hydrogens (tertiary/aromatic N) is 4. The second kappa shape index (κ2) is 5.50. The zero-order valence-corrected chi connectivity index (χ0v) is 13.1. The van der Waals surface area contributed by atoms with Gasteiger partial charge in [0.2, 0.25) is 5.95 Å². The van der Waals surface area contributed by atoms with Gasteiger partial charge in [-0.3, -0.25) is 4.98 Å². The molecule has 0 aromatic carbocycles. The number of nitrogen functional groups attached to an aromatic ring is 1. The van der Waals surface area contributed by atoms with Gasteiger partial charge >= 0.3 is 0 Å². The van der Waals surface area contributed by atoms with Crippen LogP contribution in [-0.2, 0) is 13.0 Å². The molecule has 2 aliphatic rings. The van der Waals surface area contributed by atoms with Crippen molar-refractivity contribution in [2.45, 2.75) is 18.9 Å². The van der Waals surface area contributed by atoms with Crippen molar-refractivity contribution in [2.75, 3.05) is 30.4 Å². The van der Waals surface area contributed by atoms with Crippen molar-refractivity contribution in [2.24, 2.45) is 0 Å². The van der Waals surface area contributed by atoms with Crippen LogP contribution in [0.5, 0.6) is 5.75 Å². The van der Waals surface area contributed by atoms with Gasteiger partial charge in [0, 0.05) is 42.3 Å². The molecule has 0 bridgehead atoms. The highest BCUT2D eigenvalue weighted by Gasteiger charge is 2.33. The first kappa shape index (κ1) is 14.5. The number of aliphatic hydroxyl groups excluding tert-OH is 1. The maximum absolute atomic E-state index is 9.61. The Morgan fingerprint density at radius 3 is 3.13 bits per heavy atom. The molecule has 120 valence electrons. The molecular weight excluding hydrogens is 318 g/mol. The van der Waals surface area contributed by atoms with Crippen LogP contribution in [0, 0.1) is 0 Å². The lowest BCUT2D eigenvalue weighted by molar-refractivity contribution is 0.270. The van der Waals surface area contributed by atoms with Crippen LogP contribution in [0.2, 0.25) is 5.15 Å². The molecule has 0 radical (unpaired) electrons. The first-order valence-electron chi connectivity index (χ1n) is 7.45. The summed E-state index contributed by atoms with van der Waals surface area (Å²) in [6.45, 7) is 1.84. The van der Waals surface area contributed by atoms with E-state index in [1.165, 1.54) is 0 Å². The third kappa shape index (κ3) is 2.46. The molecule has 2 aliphatic heterocycles. The molecule has 0 saturated carbocycles. The number of aliphatic hydroxyl groups is 1. The molecule has 4 heterocycles. The van der Waals surface area contributed by atoms with Crippen molar-refractivity contribution < 1.29 is 9.84 Å². The average Bonchev–Trinajstić information content (AvgIpc) is 3.11. The van der Waals surface area contributed by atoms with E-state index in [1.807, 2.05) is 17.2 Å². The van der Waals surface area contributed by atoms with Gasteiger partial charge in [0.05, 0.1) is 25.5 Å². The number of hydrogen-bond donors (Lipinski definition) is 2. The van der Waals surface area contributed by atoms with Crippen LogP contribution in [0.15, 0.2) is 12.3 Å². The van der Waals surface area contributed by atoms with Crippen LogP contribution in [0.1, 0.15) is 22.7 Å². The quantitative estimate of drug-likeness (QED) is 0.813.